The van der Waals surface area contributed by atoms with Gasteiger partial charge >= 0.3 is 0 Å². The maximum Gasteiger partial charge on any atom is 0.0541 e. The summed E-state index contributed by atoms with van der Waals surface area (Å²) in [6.45, 7) is 0. The SMILES string of the molecule is c1ccc(-c2ccc(N(c3ccc(-c4ccccc4)cc3)c3ccc(-c4ccc5sc6ccc(-c7ccccc7)cc6c5c4)cc3)cc2)cc1.c1ccc(-c2cccc(N(c3ccccc3)c3ccc(-c4ccc5sc6c(-c7ccc8c(c7)c7ccccc7n8-c7ccccc7)cccc6c5c4)cc3)c2)cc1. The number of fused-ring (bicyclic) bond motifs is 9. The van der Waals surface area contributed by atoms with E-state index < -0.39 is 0 Å². The quantitative estimate of drug-likeness (QED) is 0.107. The van der Waals surface area contributed by atoms with E-state index in [0.717, 1.165) is 34.1 Å². The van der Waals surface area contributed by atoms with Crippen molar-refractivity contribution < 1.29 is 0 Å². The fourth-order valence-electron chi connectivity index (χ4n) is 15.4. The van der Waals surface area contributed by atoms with Crippen LogP contribution < -0.4 is 9.80 Å². The molecule has 3 aromatic heterocycles. The average molecular weight is 1400 g/mol. The number of anilines is 6. The van der Waals surface area contributed by atoms with Gasteiger partial charge in [0.05, 0.1) is 11.0 Å². The fourth-order valence-corrected chi connectivity index (χ4v) is 17.7. The first kappa shape index (κ1) is 64.4. The molecule has 0 aliphatic carbocycles. The zero-order valence-electron chi connectivity index (χ0n) is 58.5. The molecule has 0 aliphatic rings. The summed E-state index contributed by atoms with van der Waals surface area (Å²) in [6.07, 6.45) is 0. The average Bonchev–Trinajstić information content (AvgIpc) is 1.59. The minimum Gasteiger partial charge on any atom is -0.311 e. The third-order valence-corrected chi connectivity index (χ3v) is 23.1. The summed E-state index contributed by atoms with van der Waals surface area (Å²) in [6, 6.07) is 151. The zero-order chi connectivity index (χ0) is 71.0. The first-order valence-corrected chi connectivity index (χ1v) is 38.1. The van der Waals surface area contributed by atoms with Gasteiger partial charge in [0.2, 0.25) is 0 Å². The molecular formula is C102H69N3S2. The first-order chi connectivity index (χ1) is 53.0. The molecule has 0 unspecified atom stereocenters. The Bertz CT molecular complexity index is 6470. The van der Waals surface area contributed by atoms with Crippen molar-refractivity contribution in [1.29, 1.82) is 0 Å². The molecule has 0 bridgehead atoms. The van der Waals surface area contributed by atoms with Crippen LogP contribution in [0.5, 0.6) is 0 Å². The molecule has 107 heavy (non-hydrogen) atoms. The van der Waals surface area contributed by atoms with E-state index in [1.54, 1.807) is 0 Å². The van der Waals surface area contributed by atoms with Crippen LogP contribution in [-0.4, -0.2) is 4.57 Å². The molecule has 0 aliphatic heterocycles. The summed E-state index contributed by atoms with van der Waals surface area (Å²) in [4.78, 5) is 4.68. The highest BCUT2D eigenvalue weighted by molar-refractivity contribution is 7.26. The van der Waals surface area contributed by atoms with Gasteiger partial charge in [-0.25, -0.2) is 0 Å². The minimum absolute atomic E-state index is 1.11. The van der Waals surface area contributed by atoms with Gasteiger partial charge in [0.1, 0.15) is 0 Å². The highest BCUT2D eigenvalue weighted by Crippen LogP contribution is 2.46. The number of rotatable bonds is 14. The molecule has 17 aromatic carbocycles. The number of nitrogens with zero attached hydrogens (tertiary/aromatic N) is 3. The standard InChI is InChI=1S/C54H36N2S.C48H33NS/c1-4-14-37(15-5-1)39-16-12-21-45(34-39)55(42-17-6-2-7-18-42)44-30-26-38(27-31-44)40-29-33-53-50(35-40)48-24-13-23-46(54(48)57-53)41-28-32-52-49(36-41)47-22-10-11-25-51(47)56(52)43-19-8-3-9-20-43;1-4-10-34(11-5-1)37-16-24-42(25-17-37)49(43-26-18-38(19-27-43)35-12-6-2-7-13-35)44-28-20-39(21-29-44)41-23-31-48-46(33-41)45-32-40(22-30-47(45)50-48)36-14-8-3-9-15-36/h1-36H;1-33H. The molecule has 5 heteroatoms. The van der Waals surface area contributed by atoms with Crippen molar-refractivity contribution in [3.05, 3.63) is 419 Å². The minimum atomic E-state index is 1.11. The van der Waals surface area contributed by atoms with Crippen LogP contribution in [0.15, 0.2) is 419 Å². The topological polar surface area (TPSA) is 11.4 Å². The Morgan fingerprint density at radius 1 is 0.178 bits per heavy atom. The van der Waals surface area contributed by atoms with Crippen molar-refractivity contribution in [2.75, 3.05) is 9.80 Å². The first-order valence-electron chi connectivity index (χ1n) is 36.4. The lowest BCUT2D eigenvalue weighted by Crippen LogP contribution is -2.09. The van der Waals surface area contributed by atoms with Crippen LogP contribution >= 0.6 is 22.7 Å². The molecule has 0 fully saturated rings. The van der Waals surface area contributed by atoms with E-state index in [1.807, 2.05) is 22.7 Å². The predicted molar refractivity (Wildman–Crippen MR) is 460 cm³/mol. The summed E-state index contributed by atoms with van der Waals surface area (Å²) in [7, 11) is 0. The van der Waals surface area contributed by atoms with Crippen LogP contribution in [0.3, 0.4) is 0 Å². The summed E-state index contributed by atoms with van der Waals surface area (Å²) in [5, 5.41) is 7.75. The maximum absolute atomic E-state index is 2.39. The van der Waals surface area contributed by atoms with E-state index in [2.05, 4.69) is 433 Å². The number of benzene rings is 17. The highest BCUT2D eigenvalue weighted by atomic mass is 32.1. The van der Waals surface area contributed by atoms with Gasteiger partial charge in [0.25, 0.3) is 0 Å². The lowest BCUT2D eigenvalue weighted by molar-refractivity contribution is 1.18. The molecule has 0 spiro atoms. The van der Waals surface area contributed by atoms with Crippen LogP contribution in [0.25, 0.3) is 146 Å². The second kappa shape index (κ2) is 28.3. The van der Waals surface area contributed by atoms with Gasteiger partial charge in [0.15, 0.2) is 0 Å². The monoisotopic (exact) mass is 1400 g/mol. The van der Waals surface area contributed by atoms with Crippen molar-refractivity contribution in [2.45, 2.75) is 0 Å². The number of hydrogen-bond acceptors (Lipinski definition) is 4. The molecule has 0 atom stereocenters. The van der Waals surface area contributed by atoms with Gasteiger partial charge in [-0.05, 0) is 217 Å². The van der Waals surface area contributed by atoms with Crippen molar-refractivity contribution in [3.63, 3.8) is 0 Å². The number of hydrogen-bond donors (Lipinski definition) is 0. The number of thiophene rings is 2. The van der Waals surface area contributed by atoms with Gasteiger partial charge in [-0.15, -0.1) is 22.7 Å². The molecule has 0 saturated carbocycles. The fraction of sp³-hybridized carbons (Fsp3) is 0. The van der Waals surface area contributed by atoms with Gasteiger partial charge in [0, 0.05) is 90.9 Å². The smallest absolute Gasteiger partial charge is 0.0541 e. The summed E-state index contributed by atoms with van der Waals surface area (Å²) >= 11 is 3.75. The van der Waals surface area contributed by atoms with Crippen LogP contribution in [0.2, 0.25) is 0 Å². The third kappa shape index (κ3) is 12.6. The number of aromatic nitrogens is 1. The highest BCUT2D eigenvalue weighted by Gasteiger charge is 2.20. The molecule has 0 saturated heterocycles. The number of para-hydroxylation sites is 3. The van der Waals surface area contributed by atoms with Crippen molar-refractivity contribution >= 4 is 119 Å². The van der Waals surface area contributed by atoms with E-state index in [1.165, 1.54) is 146 Å². The van der Waals surface area contributed by atoms with Crippen molar-refractivity contribution in [3.8, 4) is 83.6 Å². The van der Waals surface area contributed by atoms with Crippen molar-refractivity contribution in [1.82, 2.24) is 4.57 Å². The van der Waals surface area contributed by atoms with Crippen LogP contribution in [0.4, 0.5) is 34.1 Å². The van der Waals surface area contributed by atoms with E-state index in [9.17, 15) is 0 Å². The third-order valence-electron chi connectivity index (χ3n) is 20.7. The second-order valence-corrected chi connectivity index (χ2v) is 29.3. The summed E-state index contributed by atoms with van der Waals surface area (Å²) in [5.41, 5.74) is 27.4. The normalized spacial score (nSPS) is 11.4. The maximum atomic E-state index is 2.39. The molecule has 0 amide bonds. The van der Waals surface area contributed by atoms with Gasteiger partial charge in [-0.3, -0.25) is 0 Å². The van der Waals surface area contributed by atoms with Crippen LogP contribution in [0, 0.1) is 0 Å². The molecular weight excluding hydrogens is 1330 g/mol. The van der Waals surface area contributed by atoms with Crippen LogP contribution in [-0.2, 0) is 0 Å². The Kier molecular flexibility index (Phi) is 17.1. The Labute approximate surface area is 630 Å². The molecule has 20 aromatic rings. The molecule has 504 valence electrons. The molecule has 3 heterocycles. The van der Waals surface area contributed by atoms with E-state index in [4.69, 9.17) is 0 Å². The lowest BCUT2D eigenvalue weighted by atomic mass is 9.99. The lowest BCUT2D eigenvalue weighted by Gasteiger charge is -2.26. The Morgan fingerprint density at radius 3 is 0.981 bits per heavy atom. The summed E-state index contributed by atoms with van der Waals surface area (Å²) in [5.74, 6) is 0. The molecule has 20 rings (SSSR count). The predicted octanol–water partition coefficient (Wildman–Crippen LogP) is 29.8. The van der Waals surface area contributed by atoms with Crippen molar-refractivity contribution in [2.24, 2.45) is 0 Å². The van der Waals surface area contributed by atoms with Gasteiger partial charge in [-0.2, -0.15) is 0 Å². The van der Waals surface area contributed by atoms with Gasteiger partial charge < -0.3 is 14.4 Å². The zero-order valence-corrected chi connectivity index (χ0v) is 60.1. The Hall–Kier alpha value is -13.4. The molecule has 3 nitrogen and oxygen atoms in total. The van der Waals surface area contributed by atoms with E-state index >= 15 is 0 Å². The molecule has 0 N–H and O–H groups in total. The van der Waals surface area contributed by atoms with E-state index in [-0.39, 0.29) is 0 Å². The second-order valence-electron chi connectivity index (χ2n) is 27.1. The Balaban J connectivity index is 0.000000147. The summed E-state index contributed by atoms with van der Waals surface area (Å²) < 4.78 is 7.63. The van der Waals surface area contributed by atoms with Crippen LogP contribution in [0.1, 0.15) is 0 Å². The largest absolute Gasteiger partial charge is 0.311 e. The Morgan fingerprint density at radius 2 is 0.486 bits per heavy atom. The van der Waals surface area contributed by atoms with Gasteiger partial charge in [-0.1, -0.05) is 279 Å². The molecule has 0 radical (unpaired) electrons. The van der Waals surface area contributed by atoms with E-state index in [0.29, 0.717) is 0 Å².